The van der Waals surface area contributed by atoms with Crippen LogP contribution in [-0.2, 0) is 11.2 Å². The van der Waals surface area contributed by atoms with Crippen LogP contribution in [0.1, 0.15) is 18.5 Å². The third-order valence-electron chi connectivity index (χ3n) is 1.91. The average Bonchev–Trinajstić information content (AvgIpc) is 2.60. The number of halogens is 3. The molecule has 1 aromatic heterocycles. The van der Waals surface area contributed by atoms with Gasteiger partial charge in [0.15, 0.2) is 5.13 Å². The molecule has 1 amide bonds. The van der Waals surface area contributed by atoms with Gasteiger partial charge in [-0.3, -0.25) is 4.79 Å². The van der Waals surface area contributed by atoms with Crippen LogP contribution in [0.3, 0.4) is 0 Å². The summed E-state index contributed by atoms with van der Waals surface area (Å²) in [5, 5.41) is 4.58. The number of nitrogens with two attached hydrogens (primary N) is 1. The van der Waals surface area contributed by atoms with Crippen LogP contribution in [0.5, 0.6) is 0 Å². The number of aromatic nitrogens is 1. The number of carbonyl (C=O) groups is 1. The lowest BCUT2D eigenvalue weighted by Crippen LogP contribution is -2.27. The van der Waals surface area contributed by atoms with Crippen molar-refractivity contribution in [2.24, 2.45) is 0 Å². The summed E-state index contributed by atoms with van der Waals surface area (Å²) < 4.78 is 35.4. The number of amides is 1. The molecule has 0 aliphatic rings. The molecule has 0 aromatic carbocycles. The van der Waals surface area contributed by atoms with Crippen molar-refractivity contribution in [3.8, 4) is 0 Å². The van der Waals surface area contributed by atoms with Gasteiger partial charge in [0.05, 0.1) is 12.1 Å². The molecule has 0 radical (unpaired) electrons. The molecule has 4 nitrogen and oxygen atoms in total. The van der Waals surface area contributed by atoms with Crippen LogP contribution < -0.4 is 11.1 Å². The van der Waals surface area contributed by atoms with E-state index in [0.717, 1.165) is 5.69 Å². The Kier molecular flexibility index (Phi) is 4.73. The molecule has 0 spiro atoms. The van der Waals surface area contributed by atoms with Crippen molar-refractivity contribution in [1.82, 2.24) is 10.3 Å². The van der Waals surface area contributed by atoms with Crippen molar-refractivity contribution in [2.75, 3.05) is 12.3 Å². The highest BCUT2D eigenvalue weighted by molar-refractivity contribution is 7.13. The topological polar surface area (TPSA) is 68.0 Å². The first-order valence-corrected chi connectivity index (χ1v) is 5.78. The van der Waals surface area contributed by atoms with E-state index in [1.165, 1.54) is 11.3 Å². The molecular weight excluding hydrogens is 255 g/mol. The smallest absolute Gasteiger partial charge is 0.375 e. The largest absolute Gasteiger partial charge is 0.389 e. The third-order valence-corrected chi connectivity index (χ3v) is 2.63. The van der Waals surface area contributed by atoms with E-state index in [-0.39, 0.29) is 6.54 Å². The fourth-order valence-corrected chi connectivity index (χ4v) is 1.71. The molecule has 1 rings (SSSR count). The van der Waals surface area contributed by atoms with Gasteiger partial charge in [0.25, 0.3) is 0 Å². The molecule has 0 atom stereocenters. The second kappa shape index (κ2) is 5.85. The highest BCUT2D eigenvalue weighted by Crippen LogP contribution is 2.20. The van der Waals surface area contributed by atoms with Gasteiger partial charge in [-0.2, -0.15) is 13.2 Å². The average molecular weight is 267 g/mol. The number of nitrogens with one attached hydrogen (secondary N) is 1. The van der Waals surface area contributed by atoms with Crippen LogP contribution in [0, 0.1) is 0 Å². The molecule has 1 heterocycles. The van der Waals surface area contributed by atoms with Crippen LogP contribution in [0.4, 0.5) is 18.3 Å². The van der Waals surface area contributed by atoms with Crippen molar-refractivity contribution in [1.29, 1.82) is 0 Å². The number of hydrogen-bond donors (Lipinski definition) is 2. The molecule has 0 saturated heterocycles. The zero-order valence-corrected chi connectivity index (χ0v) is 9.70. The molecule has 0 fully saturated rings. The van der Waals surface area contributed by atoms with Gasteiger partial charge >= 0.3 is 6.18 Å². The zero-order valence-electron chi connectivity index (χ0n) is 8.88. The number of nitrogens with zero attached hydrogens (tertiary/aromatic N) is 1. The minimum atomic E-state index is -4.29. The molecule has 3 N–H and O–H groups in total. The summed E-state index contributed by atoms with van der Waals surface area (Å²) in [5.74, 6) is -0.606. The van der Waals surface area contributed by atoms with Crippen LogP contribution in [0.2, 0.25) is 0 Å². The number of alkyl halides is 3. The number of rotatable bonds is 5. The van der Waals surface area contributed by atoms with Crippen molar-refractivity contribution in [3.05, 3.63) is 11.1 Å². The summed E-state index contributed by atoms with van der Waals surface area (Å²) in [6.45, 7) is 0.264. The zero-order chi connectivity index (χ0) is 12.9. The van der Waals surface area contributed by atoms with Crippen LogP contribution in [0.25, 0.3) is 0 Å². The first kappa shape index (κ1) is 13.8. The fraction of sp³-hybridized carbons (Fsp3) is 0.556. The second-order valence-electron chi connectivity index (χ2n) is 3.39. The van der Waals surface area contributed by atoms with Gasteiger partial charge in [0.2, 0.25) is 5.91 Å². The maximum absolute atomic E-state index is 11.8. The Labute approximate surface area is 100 Å². The Morgan fingerprint density at radius 3 is 2.76 bits per heavy atom. The Morgan fingerprint density at radius 2 is 2.24 bits per heavy atom. The number of hydrogen-bond acceptors (Lipinski definition) is 4. The van der Waals surface area contributed by atoms with Crippen molar-refractivity contribution in [2.45, 2.75) is 25.4 Å². The quantitative estimate of drug-likeness (QED) is 0.853. The predicted molar refractivity (Wildman–Crippen MR) is 58.5 cm³/mol. The Bertz CT molecular complexity index is 378. The van der Waals surface area contributed by atoms with Crippen LogP contribution in [-0.4, -0.2) is 23.6 Å². The summed E-state index contributed by atoms with van der Waals surface area (Å²) in [7, 11) is 0. The number of thiazole rings is 1. The van der Waals surface area contributed by atoms with Crippen molar-refractivity contribution < 1.29 is 18.0 Å². The molecule has 0 saturated carbocycles. The van der Waals surface area contributed by atoms with Crippen molar-refractivity contribution in [3.63, 3.8) is 0 Å². The molecule has 0 aliphatic carbocycles. The predicted octanol–water partition coefficient (Wildman–Crippen LogP) is 1.73. The SMILES string of the molecule is Nc1nc(CCNC(=O)CCC(F)(F)F)cs1. The van der Waals surface area contributed by atoms with E-state index in [9.17, 15) is 18.0 Å². The van der Waals surface area contributed by atoms with Crippen molar-refractivity contribution >= 4 is 22.4 Å². The lowest BCUT2D eigenvalue weighted by atomic mass is 10.3. The van der Waals surface area contributed by atoms with Crippen LogP contribution in [0.15, 0.2) is 5.38 Å². The molecule has 96 valence electrons. The van der Waals surface area contributed by atoms with E-state index in [4.69, 9.17) is 5.73 Å². The molecule has 1 aromatic rings. The lowest BCUT2D eigenvalue weighted by Gasteiger charge is -2.06. The third kappa shape index (κ3) is 6.10. The molecule has 0 bridgehead atoms. The Morgan fingerprint density at radius 1 is 1.53 bits per heavy atom. The maximum atomic E-state index is 11.8. The van der Waals surface area contributed by atoms with E-state index in [1.807, 2.05) is 0 Å². The Balaban J connectivity index is 2.16. The minimum absolute atomic E-state index is 0.264. The molecule has 0 unspecified atom stereocenters. The minimum Gasteiger partial charge on any atom is -0.375 e. The molecule has 8 heteroatoms. The monoisotopic (exact) mass is 267 g/mol. The van der Waals surface area contributed by atoms with Gasteiger partial charge in [-0.15, -0.1) is 11.3 Å². The second-order valence-corrected chi connectivity index (χ2v) is 4.28. The summed E-state index contributed by atoms with van der Waals surface area (Å²) in [5.41, 5.74) is 6.13. The number of anilines is 1. The maximum Gasteiger partial charge on any atom is 0.389 e. The number of nitrogen functional groups attached to an aromatic ring is 1. The van der Waals surface area contributed by atoms with E-state index < -0.39 is 24.9 Å². The summed E-state index contributed by atoms with van der Waals surface area (Å²) in [6, 6.07) is 0. The summed E-state index contributed by atoms with van der Waals surface area (Å²) in [6.07, 6.45) is -5.46. The molecule has 17 heavy (non-hydrogen) atoms. The van der Waals surface area contributed by atoms with E-state index in [2.05, 4.69) is 10.3 Å². The summed E-state index contributed by atoms with van der Waals surface area (Å²) in [4.78, 5) is 15.0. The fourth-order valence-electron chi connectivity index (χ4n) is 1.11. The summed E-state index contributed by atoms with van der Waals surface area (Å²) >= 11 is 1.28. The van der Waals surface area contributed by atoms with Gasteiger partial charge < -0.3 is 11.1 Å². The highest BCUT2D eigenvalue weighted by atomic mass is 32.1. The van der Waals surface area contributed by atoms with Gasteiger partial charge in [0, 0.05) is 24.8 Å². The van der Waals surface area contributed by atoms with Gasteiger partial charge in [-0.05, 0) is 0 Å². The van der Waals surface area contributed by atoms with E-state index in [1.54, 1.807) is 5.38 Å². The standard InChI is InChI=1S/C9H12F3N3OS/c10-9(11,12)3-1-7(16)14-4-2-6-5-17-8(13)15-6/h5H,1-4H2,(H2,13,15)(H,14,16). The van der Waals surface area contributed by atoms with E-state index in [0.29, 0.717) is 11.6 Å². The van der Waals surface area contributed by atoms with Gasteiger partial charge in [-0.25, -0.2) is 4.98 Å². The number of carbonyl (C=O) groups excluding carboxylic acids is 1. The molecular formula is C9H12F3N3OS. The van der Waals surface area contributed by atoms with Gasteiger partial charge in [-0.1, -0.05) is 0 Å². The normalized spacial score (nSPS) is 11.5. The first-order valence-electron chi connectivity index (χ1n) is 4.90. The lowest BCUT2D eigenvalue weighted by molar-refractivity contribution is -0.144. The van der Waals surface area contributed by atoms with Crippen LogP contribution >= 0.6 is 11.3 Å². The Hall–Kier alpha value is -1.31. The molecule has 0 aliphatic heterocycles. The van der Waals surface area contributed by atoms with Gasteiger partial charge in [0.1, 0.15) is 0 Å². The first-order chi connectivity index (χ1) is 7.87. The highest BCUT2D eigenvalue weighted by Gasteiger charge is 2.27. The van der Waals surface area contributed by atoms with E-state index >= 15 is 0 Å².